The number of nitrogens with one attached hydrogen (secondary N) is 1. The molecule has 0 aliphatic heterocycles. The molecule has 2 aromatic carbocycles. The van der Waals surface area contributed by atoms with Gasteiger partial charge in [-0.15, -0.1) is 11.3 Å². The van der Waals surface area contributed by atoms with Crippen LogP contribution in [0.2, 0.25) is 0 Å². The summed E-state index contributed by atoms with van der Waals surface area (Å²) in [6.45, 7) is 2.56. The molecule has 0 saturated heterocycles. The fourth-order valence-electron chi connectivity index (χ4n) is 2.60. The molecular formula is C22H18BrN3O3S. The minimum absolute atomic E-state index is 0.229. The molecule has 1 amide bonds. The number of carbonyl (C=O) groups is 1. The Morgan fingerprint density at radius 1 is 1.27 bits per heavy atom. The van der Waals surface area contributed by atoms with Gasteiger partial charge in [0.05, 0.1) is 33.8 Å². The third-order valence-corrected chi connectivity index (χ3v) is 5.42. The number of benzene rings is 2. The van der Waals surface area contributed by atoms with Crippen molar-refractivity contribution in [1.29, 1.82) is 5.26 Å². The van der Waals surface area contributed by atoms with E-state index in [1.165, 1.54) is 17.6 Å². The molecule has 0 atom stereocenters. The van der Waals surface area contributed by atoms with E-state index in [1.54, 1.807) is 18.2 Å². The van der Waals surface area contributed by atoms with Crippen LogP contribution in [0, 0.1) is 11.3 Å². The molecule has 6 nitrogen and oxygen atoms in total. The molecule has 3 rings (SSSR count). The van der Waals surface area contributed by atoms with Crippen LogP contribution in [-0.4, -0.2) is 18.7 Å². The Morgan fingerprint density at radius 3 is 2.83 bits per heavy atom. The molecule has 30 heavy (non-hydrogen) atoms. The Labute approximate surface area is 186 Å². The lowest BCUT2D eigenvalue weighted by Gasteiger charge is -2.15. The summed E-state index contributed by atoms with van der Waals surface area (Å²) >= 11 is 4.86. The maximum absolute atomic E-state index is 12.0. The van der Waals surface area contributed by atoms with E-state index in [1.807, 2.05) is 42.6 Å². The Bertz CT molecular complexity index is 1090. The maximum atomic E-state index is 12.0. The standard InChI is InChI=1S/C22H18BrN3O3S/c1-2-28-19-11-15(13-25-26-22(27)20-8-5-9-30-20)10-18(23)21(19)29-14-17-7-4-3-6-16(17)12-24/h3-11,13H,2,14H2,1H3,(H,26,27)/b25-13+. The fraction of sp³-hybridized carbons (Fsp3) is 0.136. The zero-order valence-electron chi connectivity index (χ0n) is 16.1. The smallest absolute Gasteiger partial charge is 0.281 e. The highest BCUT2D eigenvalue weighted by Gasteiger charge is 2.13. The summed E-state index contributed by atoms with van der Waals surface area (Å²) in [4.78, 5) is 12.6. The highest BCUT2D eigenvalue weighted by molar-refractivity contribution is 9.10. The lowest BCUT2D eigenvalue weighted by atomic mass is 10.1. The molecule has 0 fully saturated rings. The third kappa shape index (κ3) is 5.47. The van der Waals surface area contributed by atoms with Crippen molar-refractivity contribution in [3.8, 4) is 17.6 Å². The average molecular weight is 484 g/mol. The molecule has 3 aromatic rings. The van der Waals surface area contributed by atoms with E-state index < -0.39 is 0 Å². The van der Waals surface area contributed by atoms with Crippen LogP contribution in [0.15, 0.2) is 63.5 Å². The molecule has 1 heterocycles. The highest BCUT2D eigenvalue weighted by Crippen LogP contribution is 2.37. The Balaban J connectivity index is 1.75. The van der Waals surface area contributed by atoms with Crippen molar-refractivity contribution in [2.75, 3.05) is 6.61 Å². The molecule has 0 radical (unpaired) electrons. The van der Waals surface area contributed by atoms with Gasteiger partial charge in [0.25, 0.3) is 5.91 Å². The number of nitrogens with zero attached hydrogens (tertiary/aromatic N) is 2. The average Bonchev–Trinajstić information content (AvgIpc) is 3.29. The zero-order chi connectivity index (χ0) is 21.3. The number of nitriles is 1. The zero-order valence-corrected chi connectivity index (χ0v) is 18.5. The number of halogens is 1. The second-order valence-corrected chi connectivity index (χ2v) is 7.80. The van der Waals surface area contributed by atoms with Gasteiger partial charge in [0, 0.05) is 5.56 Å². The predicted octanol–water partition coefficient (Wildman–Crippen LogP) is 5.12. The molecule has 0 saturated carbocycles. The number of amides is 1. The van der Waals surface area contributed by atoms with E-state index in [4.69, 9.17) is 9.47 Å². The topological polar surface area (TPSA) is 83.7 Å². The molecule has 0 aliphatic carbocycles. The van der Waals surface area contributed by atoms with Crippen molar-refractivity contribution in [2.45, 2.75) is 13.5 Å². The van der Waals surface area contributed by atoms with E-state index in [9.17, 15) is 10.1 Å². The van der Waals surface area contributed by atoms with Crippen molar-refractivity contribution in [1.82, 2.24) is 5.43 Å². The molecule has 0 spiro atoms. The minimum atomic E-state index is -0.263. The van der Waals surface area contributed by atoms with Crippen molar-refractivity contribution >= 4 is 39.4 Å². The monoisotopic (exact) mass is 483 g/mol. The van der Waals surface area contributed by atoms with Crippen LogP contribution in [0.25, 0.3) is 0 Å². The summed E-state index contributed by atoms with van der Waals surface area (Å²) in [6, 6.07) is 16.6. The quantitative estimate of drug-likeness (QED) is 0.355. The van der Waals surface area contributed by atoms with Gasteiger partial charge in [-0.2, -0.15) is 10.4 Å². The van der Waals surface area contributed by atoms with Gasteiger partial charge in [-0.25, -0.2) is 5.43 Å². The van der Waals surface area contributed by atoms with E-state index in [0.29, 0.717) is 33.0 Å². The lowest BCUT2D eigenvalue weighted by molar-refractivity contribution is 0.0959. The number of hydrogen-bond acceptors (Lipinski definition) is 6. The SMILES string of the molecule is CCOc1cc(/C=N/NC(=O)c2cccs2)cc(Br)c1OCc1ccccc1C#N. The molecule has 0 aliphatic rings. The second kappa shape index (κ2) is 10.6. The largest absolute Gasteiger partial charge is 0.490 e. The third-order valence-electron chi connectivity index (χ3n) is 3.97. The molecule has 0 bridgehead atoms. The lowest BCUT2D eigenvalue weighted by Crippen LogP contribution is -2.16. The van der Waals surface area contributed by atoms with Crippen molar-refractivity contribution < 1.29 is 14.3 Å². The number of rotatable bonds is 8. The molecule has 1 aromatic heterocycles. The molecule has 0 unspecified atom stereocenters. The molecular weight excluding hydrogens is 466 g/mol. The van der Waals surface area contributed by atoms with Gasteiger partial charge in [-0.05, 0) is 58.1 Å². The predicted molar refractivity (Wildman–Crippen MR) is 120 cm³/mol. The van der Waals surface area contributed by atoms with Crippen molar-refractivity contribution in [3.05, 3.63) is 80.0 Å². The highest BCUT2D eigenvalue weighted by atomic mass is 79.9. The Hall–Kier alpha value is -3.15. The normalized spacial score (nSPS) is 10.6. The number of hydrogen-bond donors (Lipinski definition) is 1. The van der Waals surface area contributed by atoms with Gasteiger partial charge in [0.2, 0.25) is 0 Å². The van der Waals surface area contributed by atoms with Gasteiger partial charge in [-0.1, -0.05) is 24.3 Å². The molecule has 1 N–H and O–H groups in total. The molecule has 8 heteroatoms. The minimum Gasteiger partial charge on any atom is -0.490 e. The van der Waals surface area contributed by atoms with Crippen molar-refractivity contribution in [3.63, 3.8) is 0 Å². The number of ether oxygens (including phenoxy) is 2. The summed E-state index contributed by atoms with van der Waals surface area (Å²) in [5.41, 5.74) is 4.58. The summed E-state index contributed by atoms with van der Waals surface area (Å²) in [6.07, 6.45) is 1.54. The van der Waals surface area contributed by atoms with Crippen LogP contribution in [0.5, 0.6) is 11.5 Å². The van der Waals surface area contributed by atoms with E-state index in [2.05, 4.69) is 32.5 Å². The van der Waals surface area contributed by atoms with Crippen LogP contribution >= 0.6 is 27.3 Å². The van der Waals surface area contributed by atoms with Crippen LogP contribution in [0.1, 0.15) is 33.3 Å². The number of hydrazone groups is 1. The second-order valence-electron chi connectivity index (χ2n) is 6.00. The molecule has 152 valence electrons. The number of thiophene rings is 1. The first kappa shape index (κ1) is 21.6. The summed E-state index contributed by atoms with van der Waals surface area (Å²) in [5, 5.41) is 15.1. The first-order valence-electron chi connectivity index (χ1n) is 9.06. The Kier molecular flexibility index (Phi) is 7.60. The van der Waals surface area contributed by atoms with Gasteiger partial charge in [0.1, 0.15) is 6.61 Å². The van der Waals surface area contributed by atoms with E-state index >= 15 is 0 Å². The first-order chi connectivity index (χ1) is 14.6. The van der Waals surface area contributed by atoms with Crippen LogP contribution < -0.4 is 14.9 Å². The number of carbonyl (C=O) groups excluding carboxylic acids is 1. The maximum Gasteiger partial charge on any atom is 0.281 e. The van der Waals surface area contributed by atoms with Crippen molar-refractivity contribution in [2.24, 2.45) is 5.10 Å². The van der Waals surface area contributed by atoms with Crippen LogP contribution in [-0.2, 0) is 6.61 Å². The first-order valence-corrected chi connectivity index (χ1v) is 10.7. The fourth-order valence-corrected chi connectivity index (χ4v) is 3.79. The van der Waals surface area contributed by atoms with Gasteiger partial charge < -0.3 is 9.47 Å². The van der Waals surface area contributed by atoms with Crippen LogP contribution in [0.3, 0.4) is 0 Å². The van der Waals surface area contributed by atoms with E-state index in [-0.39, 0.29) is 12.5 Å². The summed E-state index contributed by atoms with van der Waals surface area (Å²) in [5.74, 6) is 0.804. The van der Waals surface area contributed by atoms with Crippen LogP contribution in [0.4, 0.5) is 0 Å². The summed E-state index contributed by atoms with van der Waals surface area (Å²) in [7, 11) is 0. The van der Waals surface area contributed by atoms with Gasteiger partial charge in [-0.3, -0.25) is 4.79 Å². The summed E-state index contributed by atoms with van der Waals surface area (Å²) < 4.78 is 12.4. The Morgan fingerprint density at radius 2 is 2.10 bits per heavy atom. The van der Waals surface area contributed by atoms with E-state index in [0.717, 1.165) is 11.1 Å². The van der Waals surface area contributed by atoms with Gasteiger partial charge in [0.15, 0.2) is 11.5 Å². The van der Waals surface area contributed by atoms with Gasteiger partial charge >= 0.3 is 0 Å².